The molecule has 4 nitrogen and oxygen atoms in total. The maximum absolute atomic E-state index is 11.9. The second-order valence-electron chi connectivity index (χ2n) is 5.50. The van der Waals surface area contributed by atoms with Gasteiger partial charge in [-0.25, -0.2) is 0 Å². The molecule has 16 heavy (non-hydrogen) atoms. The highest BCUT2D eigenvalue weighted by Gasteiger charge is 2.48. The molecule has 0 spiro atoms. The van der Waals surface area contributed by atoms with Gasteiger partial charge >= 0.3 is 0 Å². The molecule has 0 aromatic carbocycles. The van der Waals surface area contributed by atoms with Crippen molar-refractivity contribution in [3.05, 3.63) is 0 Å². The Balaban J connectivity index is 2.04. The minimum atomic E-state index is -0.357. The second-order valence-corrected chi connectivity index (χ2v) is 5.50. The molecule has 1 aliphatic heterocycles. The van der Waals surface area contributed by atoms with Crippen LogP contribution in [0.3, 0.4) is 0 Å². The molecule has 1 atom stereocenters. The summed E-state index contributed by atoms with van der Waals surface area (Å²) in [6.07, 6.45) is 2.37. The molecule has 2 aliphatic rings. The third-order valence-corrected chi connectivity index (χ3v) is 4.02. The van der Waals surface area contributed by atoms with Gasteiger partial charge < -0.3 is 10.2 Å². The number of nitrogens with one attached hydrogen (secondary N) is 1. The number of hydrogen-bond acceptors (Lipinski definition) is 2. The lowest BCUT2D eigenvalue weighted by atomic mass is 9.91. The molecule has 0 aromatic rings. The van der Waals surface area contributed by atoms with Crippen molar-refractivity contribution in [3.8, 4) is 0 Å². The Morgan fingerprint density at radius 3 is 2.56 bits per heavy atom. The smallest absolute Gasteiger partial charge is 0.245 e. The Labute approximate surface area is 96.4 Å². The molecule has 0 radical (unpaired) electrons. The molecule has 1 saturated heterocycles. The van der Waals surface area contributed by atoms with Gasteiger partial charge in [0.25, 0.3) is 0 Å². The monoisotopic (exact) mass is 224 g/mol. The van der Waals surface area contributed by atoms with E-state index < -0.39 is 0 Å². The lowest BCUT2D eigenvalue weighted by Gasteiger charge is -2.34. The lowest BCUT2D eigenvalue weighted by molar-refractivity contribution is -0.144. The van der Waals surface area contributed by atoms with Crippen molar-refractivity contribution in [2.45, 2.75) is 39.7 Å². The van der Waals surface area contributed by atoms with E-state index >= 15 is 0 Å². The largest absolute Gasteiger partial charge is 0.343 e. The van der Waals surface area contributed by atoms with Gasteiger partial charge in [-0.05, 0) is 31.1 Å². The van der Waals surface area contributed by atoms with Crippen molar-refractivity contribution >= 4 is 11.8 Å². The third-order valence-electron chi connectivity index (χ3n) is 4.02. The van der Waals surface area contributed by atoms with Gasteiger partial charge in [-0.3, -0.25) is 9.59 Å². The topological polar surface area (TPSA) is 49.4 Å². The zero-order valence-electron chi connectivity index (χ0n) is 10.2. The molecule has 0 bridgehead atoms. The first-order valence-electron chi connectivity index (χ1n) is 6.03. The van der Waals surface area contributed by atoms with Crippen LogP contribution in [0.1, 0.15) is 33.6 Å². The van der Waals surface area contributed by atoms with E-state index in [-0.39, 0.29) is 29.8 Å². The van der Waals surface area contributed by atoms with Gasteiger partial charge in [0.1, 0.15) is 6.04 Å². The average Bonchev–Trinajstić information content (AvgIpc) is 2.94. The molecule has 4 heteroatoms. The Morgan fingerprint density at radius 2 is 2.06 bits per heavy atom. The van der Waals surface area contributed by atoms with E-state index in [9.17, 15) is 9.59 Å². The van der Waals surface area contributed by atoms with E-state index in [0.29, 0.717) is 5.92 Å². The summed E-state index contributed by atoms with van der Waals surface area (Å²) in [5.74, 6) is 0.610. The zero-order chi connectivity index (χ0) is 11.9. The molecule has 0 aromatic heterocycles. The molecular weight excluding hydrogens is 204 g/mol. The summed E-state index contributed by atoms with van der Waals surface area (Å²) in [6.45, 7) is 7.14. The van der Waals surface area contributed by atoms with Crippen molar-refractivity contribution in [1.82, 2.24) is 10.2 Å². The number of carbonyl (C=O) groups is 2. The first-order chi connectivity index (χ1) is 7.44. The number of piperazine rings is 1. The second kappa shape index (κ2) is 3.75. The summed E-state index contributed by atoms with van der Waals surface area (Å²) in [4.78, 5) is 25.0. The molecular formula is C12H20N2O2. The standard InChI is InChI=1S/C12H20N2O2/c1-8(2)12(4-5-12)7-14-6-10(15)13-9(3)11(14)16/h8-9H,4-7H2,1-3H3,(H,13,15). The Bertz CT molecular complexity index is 321. The predicted molar refractivity (Wildman–Crippen MR) is 60.7 cm³/mol. The third kappa shape index (κ3) is 1.93. The van der Waals surface area contributed by atoms with Crippen LogP contribution in [0, 0.1) is 11.3 Å². The molecule has 1 heterocycles. The first-order valence-corrected chi connectivity index (χ1v) is 6.03. The molecule has 1 unspecified atom stereocenters. The van der Waals surface area contributed by atoms with E-state index in [1.165, 1.54) is 12.8 Å². The Kier molecular flexibility index (Phi) is 2.68. The number of amides is 2. The van der Waals surface area contributed by atoms with Crippen molar-refractivity contribution in [1.29, 1.82) is 0 Å². The summed E-state index contributed by atoms with van der Waals surface area (Å²) in [5.41, 5.74) is 0.285. The molecule has 2 amide bonds. The highest BCUT2D eigenvalue weighted by molar-refractivity contribution is 5.94. The summed E-state index contributed by atoms with van der Waals surface area (Å²) in [7, 11) is 0. The fourth-order valence-electron chi connectivity index (χ4n) is 2.47. The van der Waals surface area contributed by atoms with Gasteiger partial charge in [0.05, 0.1) is 6.54 Å². The summed E-state index contributed by atoms with van der Waals surface area (Å²) in [5, 5.41) is 2.66. The Hall–Kier alpha value is -1.06. The summed E-state index contributed by atoms with van der Waals surface area (Å²) in [6, 6.07) is -0.357. The number of carbonyl (C=O) groups excluding carboxylic acids is 2. The molecule has 2 rings (SSSR count). The van der Waals surface area contributed by atoms with Gasteiger partial charge in [0.2, 0.25) is 11.8 Å². The van der Waals surface area contributed by atoms with Crippen LogP contribution in [0.15, 0.2) is 0 Å². The van der Waals surface area contributed by atoms with Crippen LogP contribution in [0.4, 0.5) is 0 Å². The van der Waals surface area contributed by atoms with Gasteiger partial charge in [-0.1, -0.05) is 13.8 Å². The van der Waals surface area contributed by atoms with E-state index in [0.717, 1.165) is 6.54 Å². The number of hydrogen-bond donors (Lipinski definition) is 1. The quantitative estimate of drug-likeness (QED) is 0.769. The molecule has 1 N–H and O–H groups in total. The van der Waals surface area contributed by atoms with E-state index in [1.807, 2.05) is 0 Å². The maximum Gasteiger partial charge on any atom is 0.245 e. The maximum atomic E-state index is 11.9. The van der Waals surface area contributed by atoms with Crippen LogP contribution in [0.25, 0.3) is 0 Å². The van der Waals surface area contributed by atoms with Crippen LogP contribution < -0.4 is 5.32 Å². The highest BCUT2D eigenvalue weighted by atomic mass is 16.2. The molecule has 90 valence electrons. The number of nitrogens with zero attached hydrogens (tertiary/aromatic N) is 1. The van der Waals surface area contributed by atoms with Gasteiger partial charge in [-0.15, -0.1) is 0 Å². The Morgan fingerprint density at radius 1 is 1.44 bits per heavy atom. The van der Waals surface area contributed by atoms with Crippen molar-refractivity contribution in [2.24, 2.45) is 11.3 Å². The fourth-order valence-corrected chi connectivity index (χ4v) is 2.47. The van der Waals surface area contributed by atoms with E-state index in [4.69, 9.17) is 0 Å². The fraction of sp³-hybridized carbons (Fsp3) is 0.833. The van der Waals surface area contributed by atoms with Crippen molar-refractivity contribution < 1.29 is 9.59 Å². The molecule has 1 aliphatic carbocycles. The van der Waals surface area contributed by atoms with Gasteiger partial charge in [-0.2, -0.15) is 0 Å². The van der Waals surface area contributed by atoms with E-state index in [1.54, 1.807) is 11.8 Å². The van der Waals surface area contributed by atoms with Gasteiger partial charge in [0, 0.05) is 6.54 Å². The van der Waals surface area contributed by atoms with Crippen LogP contribution in [0.5, 0.6) is 0 Å². The normalized spacial score (nSPS) is 28.2. The lowest BCUT2D eigenvalue weighted by Crippen LogP contribution is -2.58. The average molecular weight is 224 g/mol. The van der Waals surface area contributed by atoms with Crippen molar-refractivity contribution in [3.63, 3.8) is 0 Å². The SMILES string of the molecule is CC1NC(=O)CN(CC2(C(C)C)CC2)C1=O. The van der Waals surface area contributed by atoms with Crippen LogP contribution in [0.2, 0.25) is 0 Å². The van der Waals surface area contributed by atoms with Crippen LogP contribution in [-0.2, 0) is 9.59 Å². The minimum absolute atomic E-state index is 0.0355. The number of rotatable bonds is 3. The predicted octanol–water partition coefficient (Wildman–Crippen LogP) is 0.769. The van der Waals surface area contributed by atoms with Gasteiger partial charge in [0.15, 0.2) is 0 Å². The van der Waals surface area contributed by atoms with E-state index in [2.05, 4.69) is 19.2 Å². The molecule has 2 fully saturated rings. The first kappa shape index (κ1) is 11.4. The van der Waals surface area contributed by atoms with Crippen LogP contribution in [-0.4, -0.2) is 35.8 Å². The summed E-state index contributed by atoms with van der Waals surface area (Å²) >= 11 is 0. The summed E-state index contributed by atoms with van der Waals surface area (Å²) < 4.78 is 0. The van der Waals surface area contributed by atoms with Crippen molar-refractivity contribution in [2.75, 3.05) is 13.1 Å². The van der Waals surface area contributed by atoms with Crippen LogP contribution >= 0.6 is 0 Å². The molecule has 1 saturated carbocycles. The highest BCUT2D eigenvalue weighted by Crippen LogP contribution is 2.52. The minimum Gasteiger partial charge on any atom is -0.343 e. The zero-order valence-corrected chi connectivity index (χ0v) is 10.2.